The van der Waals surface area contributed by atoms with Crippen molar-refractivity contribution in [3.8, 4) is 0 Å². The van der Waals surface area contributed by atoms with Gasteiger partial charge in [-0.2, -0.15) is 0 Å². The van der Waals surface area contributed by atoms with Gasteiger partial charge in [0.1, 0.15) is 10.6 Å². The van der Waals surface area contributed by atoms with Gasteiger partial charge in [-0.25, -0.2) is 19.1 Å². The Hall–Kier alpha value is -3.33. The Morgan fingerprint density at radius 3 is 2.62 bits per heavy atom. The second kappa shape index (κ2) is 5.60. The van der Waals surface area contributed by atoms with Gasteiger partial charge in [-0.3, -0.25) is 14.4 Å². The van der Waals surface area contributed by atoms with E-state index in [1.807, 2.05) is 0 Å². The van der Waals surface area contributed by atoms with Gasteiger partial charge < -0.3 is 4.74 Å². The molecule has 3 aromatic rings. The summed E-state index contributed by atoms with van der Waals surface area (Å²) in [5, 5.41) is 0. The van der Waals surface area contributed by atoms with Gasteiger partial charge in [-0.1, -0.05) is 23.5 Å². The monoisotopic (exact) mass is 369 g/mol. The normalized spacial score (nSPS) is 13.4. The zero-order valence-corrected chi connectivity index (χ0v) is 14.5. The quantitative estimate of drug-likeness (QED) is 0.503. The largest absolute Gasteiger partial charge is 0.465 e. The van der Waals surface area contributed by atoms with Crippen molar-refractivity contribution < 1.29 is 19.1 Å². The van der Waals surface area contributed by atoms with Crippen LogP contribution in [-0.4, -0.2) is 34.3 Å². The highest BCUT2D eigenvalue weighted by atomic mass is 32.1. The third-order valence-corrected chi connectivity index (χ3v) is 5.03. The fourth-order valence-electron chi connectivity index (χ4n) is 2.89. The summed E-state index contributed by atoms with van der Waals surface area (Å²) in [6, 6.07) is 7.44. The number of esters is 1. The molecular formula is C17H11N3O5S. The van der Waals surface area contributed by atoms with Gasteiger partial charge in [-0.05, 0) is 19.1 Å². The minimum atomic E-state index is -0.680. The van der Waals surface area contributed by atoms with Gasteiger partial charge in [0.15, 0.2) is 4.96 Å². The molecule has 0 radical (unpaired) electrons. The minimum Gasteiger partial charge on any atom is -0.465 e. The molecule has 2 aromatic heterocycles. The number of rotatable bonds is 2. The molecule has 0 saturated carbocycles. The van der Waals surface area contributed by atoms with Crippen molar-refractivity contribution in [2.45, 2.75) is 6.92 Å². The van der Waals surface area contributed by atoms with E-state index >= 15 is 0 Å². The summed E-state index contributed by atoms with van der Waals surface area (Å²) in [4.78, 5) is 55.6. The number of hydrogen-bond acceptors (Lipinski definition) is 7. The number of aryl methyl sites for hydroxylation is 1. The van der Waals surface area contributed by atoms with Gasteiger partial charge in [-0.15, -0.1) is 0 Å². The predicted octanol–water partition coefficient (Wildman–Crippen LogP) is 1.65. The summed E-state index contributed by atoms with van der Waals surface area (Å²) < 4.78 is 5.85. The average Bonchev–Trinajstić information content (AvgIpc) is 3.10. The molecule has 0 fully saturated rings. The molecule has 26 heavy (non-hydrogen) atoms. The highest BCUT2D eigenvalue weighted by Crippen LogP contribution is 2.34. The maximum Gasteiger partial charge on any atom is 0.339 e. The van der Waals surface area contributed by atoms with Crippen LogP contribution in [-0.2, 0) is 4.74 Å². The second-order valence-electron chi connectivity index (χ2n) is 5.59. The molecule has 0 aliphatic carbocycles. The van der Waals surface area contributed by atoms with E-state index in [9.17, 15) is 19.2 Å². The standard InChI is InChI=1S/C17H11N3O5S/c1-8-7-11(21)20-12-13(26-17(20)18-8)15(23)19(14(12)22)10-6-4-3-5-9(10)16(24)25-2/h3-7H,1-2H3. The van der Waals surface area contributed by atoms with E-state index in [0.717, 1.165) is 20.6 Å². The third-order valence-electron chi connectivity index (χ3n) is 4.00. The molecule has 130 valence electrons. The Morgan fingerprint density at radius 2 is 1.88 bits per heavy atom. The smallest absolute Gasteiger partial charge is 0.339 e. The number of thiazole rings is 1. The number of nitrogens with zero attached hydrogens (tertiary/aromatic N) is 3. The topological polar surface area (TPSA) is 98.0 Å². The van der Waals surface area contributed by atoms with Crippen LogP contribution in [0.2, 0.25) is 0 Å². The van der Waals surface area contributed by atoms with E-state index in [1.54, 1.807) is 19.1 Å². The number of anilines is 1. The number of carbonyl (C=O) groups is 3. The molecular weight excluding hydrogens is 358 g/mol. The number of benzene rings is 1. The molecule has 0 saturated heterocycles. The van der Waals surface area contributed by atoms with Crippen LogP contribution in [0.3, 0.4) is 0 Å². The average molecular weight is 369 g/mol. The molecule has 4 rings (SSSR count). The van der Waals surface area contributed by atoms with Crippen molar-refractivity contribution >= 4 is 39.8 Å². The lowest BCUT2D eigenvalue weighted by molar-refractivity contribution is 0.0601. The van der Waals surface area contributed by atoms with E-state index in [4.69, 9.17) is 4.74 Å². The number of imide groups is 1. The summed E-state index contributed by atoms with van der Waals surface area (Å²) in [6.45, 7) is 1.66. The molecule has 1 aliphatic rings. The highest BCUT2D eigenvalue weighted by Gasteiger charge is 2.42. The van der Waals surface area contributed by atoms with Gasteiger partial charge in [0, 0.05) is 11.8 Å². The number of fused-ring (bicyclic) bond motifs is 3. The van der Waals surface area contributed by atoms with Crippen molar-refractivity contribution in [3.05, 3.63) is 62.5 Å². The Morgan fingerprint density at radius 1 is 1.15 bits per heavy atom. The zero-order chi connectivity index (χ0) is 18.6. The van der Waals surface area contributed by atoms with E-state index < -0.39 is 23.3 Å². The van der Waals surface area contributed by atoms with Gasteiger partial charge in [0.2, 0.25) is 0 Å². The lowest BCUT2D eigenvalue weighted by atomic mass is 10.1. The van der Waals surface area contributed by atoms with Gasteiger partial charge in [0.05, 0.1) is 18.4 Å². The molecule has 0 N–H and O–H groups in total. The molecule has 2 amide bonds. The number of carbonyl (C=O) groups excluding carboxylic acids is 3. The van der Waals surface area contributed by atoms with Crippen LogP contribution in [0, 0.1) is 6.92 Å². The highest BCUT2D eigenvalue weighted by molar-refractivity contribution is 7.19. The number of hydrogen-bond donors (Lipinski definition) is 0. The molecule has 0 unspecified atom stereocenters. The summed E-state index contributed by atoms with van der Waals surface area (Å²) in [6.07, 6.45) is 0. The molecule has 0 bridgehead atoms. The van der Waals surface area contributed by atoms with E-state index in [1.165, 1.54) is 25.3 Å². The van der Waals surface area contributed by atoms with Crippen molar-refractivity contribution in [3.63, 3.8) is 0 Å². The lowest BCUT2D eigenvalue weighted by Crippen LogP contribution is -2.32. The summed E-state index contributed by atoms with van der Waals surface area (Å²) in [7, 11) is 1.21. The maximum atomic E-state index is 13.0. The summed E-state index contributed by atoms with van der Waals surface area (Å²) >= 11 is 0.969. The maximum absolute atomic E-state index is 13.0. The molecule has 1 aliphatic heterocycles. The second-order valence-corrected chi connectivity index (χ2v) is 6.57. The van der Waals surface area contributed by atoms with Gasteiger partial charge in [0.25, 0.3) is 17.4 Å². The SMILES string of the molecule is COC(=O)c1ccccc1N1C(=O)c2sc3nc(C)cc(=O)n3c2C1=O. The molecule has 0 atom stereocenters. The van der Waals surface area contributed by atoms with Crippen molar-refractivity contribution in [1.82, 2.24) is 9.38 Å². The molecule has 3 heterocycles. The van der Waals surface area contributed by atoms with Crippen LogP contribution in [0.5, 0.6) is 0 Å². The van der Waals surface area contributed by atoms with Crippen LogP contribution in [0.15, 0.2) is 35.1 Å². The summed E-state index contributed by atoms with van der Waals surface area (Å²) in [5.74, 6) is -1.95. The van der Waals surface area contributed by atoms with Crippen LogP contribution < -0.4 is 10.5 Å². The van der Waals surface area contributed by atoms with Crippen LogP contribution in [0.1, 0.15) is 36.2 Å². The van der Waals surface area contributed by atoms with Crippen LogP contribution >= 0.6 is 11.3 Å². The molecule has 1 aromatic carbocycles. The van der Waals surface area contributed by atoms with Crippen molar-refractivity contribution in [2.75, 3.05) is 12.0 Å². The fraction of sp³-hybridized carbons (Fsp3) is 0.118. The first-order valence-corrected chi connectivity index (χ1v) is 8.35. The van der Waals surface area contributed by atoms with E-state index in [-0.39, 0.29) is 26.8 Å². The predicted molar refractivity (Wildman–Crippen MR) is 93.0 cm³/mol. The molecule has 0 spiro atoms. The molecule has 9 heteroatoms. The number of amides is 2. The Kier molecular flexibility index (Phi) is 3.48. The molecule has 8 nitrogen and oxygen atoms in total. The van der Waals surface area contributed by atoms with Gasteiger partial charge >= 0.3 is 5.97 Å². The van der Waals surface area contributed by atoms with E-state index in [0.29, 0.717) is 5.69 Å². The number of methoxy groups -OCH3 is 1. The minimum absolute atomic E-state index is 0.0350. The Balaban J connectivity index is 1.93. The zero-order valence-electron chi connectivity index (χ0n) is 13.7. The lowest BCUT2D eigenvalue weighted by Gasteiger charge is -2.17. The number of ether oxygens (including phenoxy) is 1. The third kappa shape index (κ3) is 2.10. The first-order valence-electron chi connectivity index (χ1n) is 7.53. The number of para-hydroxylation sites is 1. The Bertz CT molecular complexity index is 1180. The van der Waals surface area contributed by atoms with E-state index in [2.05, 4.69) is 4.98 Å². The van der Waals surface area contributed by atoms with Crippen LogP contribution in [0.4, 0.5) is 5.69 Å². The fourth-order valence-corrected chi connectivity index (χ4v) is 3.99. The van der Waals surface area contributed by atoms with Crippen molar-refractivity contribution in [1.29, 1.82) is 0 Å². The first kappa shape index (κ1) is 16.2. The Labute approximate surface area is 150 Å². The first-order chi connectivity index (χ1) is 12.4. The summed E-state index contributed by atoms with van der Waals surface area (Å²) in [5.41, 5.74) is 0.223. The van der Waals surface area contributed by atoms with Crippen molar-refractivity contribution in [2.24, 2.45) is 0 Å². The number of aromatic nitrogens is 2. The van der Waals surface area contributed by atoms with Crippen LogP contribution in [0.25, 0.3) is 4.96 Å².